The molecule has 1 unspecified atom stereocenters. The third-order valence-corrected chi connectivity index (χ3v) is 4.84. The molecule has 0 aliphatic heterocycles. The Morgan fingerprint density at radius 3 is 2.79 bits per heavy atom. The van der Waals surface area contributed by atoms with Gasteiger partial charge in [0.2, 0.25) is 5.91 Å². The highest BCUT2D eigenvalue weighted by Crippen LogP contribution is 2.24. The van der Waals surface area contributed by atoms with Crippen LogP contribution in [0.25, 0.3) is 10.9 Å². The summed E-state index contributed by atoms with van der Waals surface area (Å²) in [5.41, 5.74) is 2.74. The van der Waals surface area contributed by atoms with Crippen LogP contribution in [-0.2, 0) is 16.1 Å². The normalized spacial score (nSPS) is 12.1. The highest BCUT2D eigenvalue weighted by Gasteiger charge is 2.19. The predicted octanol–water partition coefficient (Wildman–Crippen LogP) is 3.64. The molecule has 152 valence electrons. The minimum absolute atomic E-state index is 0.000349. The van der Waals surface area contributed by atoms with E-state index >= 15 is 0 Å². The zero-order valence-corrected chi connectivity index (χ0v) is 16.3. The predicted molar refractivity (Wildman–Crippen MR) is 108 cm³/mol. The van der Waals surface area contributed by atoms with Crippen molar-refractivity contribution in [2.75, 3.05) is 6.54 Å². The Bertz CT molecular complexity index is 1020. The summed E-state index contributed by atoms with van der Waals surface area (Å²) < 4.78 is 15.4. The van der Waals surface area contributed by atoms with E-state index in [9.17, 15) is 14.0 Å². The van der Waals surface area contributed by atoms with Crippen molar-refractivity contribution in [2.45, 2.75) is 38.6 Å². The molecule has 3 aromatic rings. The molecule has 0 fully saturated rings. The van der Waals surface area contributed by atoms with E-state index < -0.39 is 17.7 Å². The Labute approximate surface area is 168 Å². The van der Waals surface area contributed by atoms with Gasteiger partial charge in [-0.05, 0) is 42.7 Å². The number of carbonyl (C=O) groups excluding carboxylic acids is 1. The van der Waals surface area contributed by atoms with Crippen LogP contribution in [0.3, 0.4) is 0 Å². The molecular formula is C22H24FN3O3. The zero-order chi connectivity index (χ0) is 20.8. The Kier molecular flexibility index (Phi) is 6.59. The second-order valence-electron chi connectivity index (χ2n) is 7.19. The number of benzene rings is 2. The number of aromatic nitrogens is 2. The third kappa shape index (κ3) is 5.63. The van der Waals surface area contributed by atoms with Crippen LogP contribution in [0.15, 0.2) is 48.7 Å². The van der Waals surface area contributed by atoms with Gasteiger partial charge >= 0.3 is 5.97 Å². The number of aliphatic carboxylic acids is 1. The van der Waals surface area contributed by atoms with Gasteiger partial charge in [0.15, 0.2) is 0 Å². The van der Waals surface area contributed by atoms with Crippen LogP contribution in [0, 0.1) is 12.7 Å². The molecule has 7 heteroatoms. The monoisotopic (exact) mass is 397 g/mol. The first-order valence-corrected chi connectivity index (χ1v) is 9.58. The van der Waals surface area contributed by atoms with Crippen LogP contribution in [-0.4, -0.2) is 33.3 Å². The summed E-state index contributed by atoms with van der Waals surface area (Å²) in [7, 11) is 0. The van der Waals surface area contributed by atoms with Gasteiger partial charge in [0, 0.05) is 30.8 Å². The van der Waals surface area contributed by atoms with E-state index in [1.807, 2.05) is 29.9 Å². The molecule has 6 nitrogen and oxygen atoms in total. The smallest absolute Gasteiger partial charge is 0.303 e. The van der Waals surface area contributed by atoms with Crippen molar-refractivity contribution in [1.29, 1.82) is 0 Å². The molecule has 1 heterocycles. The van der Waals surface area contributed by atoms with Gasteiger partial charge in [-0.1, -0.05) is 24.3 Å². The van der Waals surface area contributed by atoms with E-state index in [4.69, 9.17) is 5.11 Å². The van der Waals surface area contributed by atoms with Gasteiger partial charge in [0.1, 0.15) is 5.82 Å². The molecule has 0 spiro atoms. The first-order valence-electron chi connectivity index (χ1n) is 9.58. The number of fused-ring (bicyclic) bond motifs is 1. The zero-order valence-electron chi connectivity index (χ0n) is 16.3. The molecular weight excluding hydrogens is 373 g/mol. The Hall–Kier alpha value is -3.22. The summed E-state index contributed by atoms with van der Waals surface area (Å²) in [6, 6.07) is 11.9. The van der Waals surface area contributed by atoms with Crippen molar-refractivity contribution in [3.8, 4) is 0 Å². The van der Waals surface area contributed by atoms with Crippen LogP contribution in [0.5, 0.6) is 0 Å². The minimum atomic E-state index is -1.02. The third-order valence-electron chi connectivity index (χ3n) is 4.84. The summed E-state index contributed by atoms with van der Waals surface area (Å²) in [4.78, 5) is 23.4. The Morgan fingerprint density at radius 2 is 2.03 bits per heavy atom. The van der Waals surface area contributed by atoms with E-state index in [-0.39, 0.29) is 18.7 Å². The highest BCUT2D eigenvalue weighted by atomic mass is 19.1. The van der Waals surface area contributed by atoms with Crippen LogP contribution in [0.2, 0.25) is 0 Å². The fourth-order valence-electron chi connectivity index (χ4n) is 3.39. The number of hydrogen-bond acceptors (Lipinski definition) is 3. The Balaban J connectivity index is 1.52. The number of rotatable bonds is 9. The van der Waals surface area contributed by atoms with Crippen LogP contribution in [0.1, 0.15) is 36.3 Å². The van der Waals surface area contributed by atoms with Crippen molar-refractivity contribution in [3.63, 3.8) is 0 Å². The van der Waals surface area contributed by atoms with Gasteiger partial charge in [-0.2, -0.15) is 5.10 Å². The Morgan fingerprint density at radius 1 is 1.21 bits per heavy atom. The van der Waals surface area contributed by atoms with E-state index in [0.29, 0.717) is 25.1 Å². The summed E-state index contributed by atoms with van der Waals surface area (Å²) in [6.07, 6.45) is 2.29. The van der Waals surface area contributed by atoms with Crippen LogP contribution in [0.4, 0.5) is 4.39 Å². The molecule has 0 aliphatic carbocycles. The average Bonchev–Trinajstić information content (AvgIpc) is 3.06. The van der Waals surface area contributed by atoms with Crippen molar-refractivity contribution < 1.29 is 19.1 Å². The van der Waals surface area contributed by atoms with E-state index in [1.165, 1.54) is 18.2 Å². The second-order valence-corrected chi connectivity index (χ2v) is 7.19. The van der Waals surface area contributed by atoms with Crippen LogP contribution >= 0.6 is 0 Å². The molecule has 0 aliphatic rings. The topological polar surface area (TPSA) is 84.2 Å². The molecule has 1 amide bonds. The fraction of sp³-hybridized carbons (Fsp3) is 0.318. The second kappa shape index (κ2) is 9.32. The lowest BCUT2D eigenvalue weighted by atomic mass is 9.92. The van der Waals surface area contributed by atoms with Gasteiger partial charge in [0.25, 0.3) is 0 Å². The van der Waals surface area contributed by atoms with Gasteiger partial charge in [-0.25, -0.2) is 4.39 Å². The molecule has 1 atom stereocenters. The summed E-state index contributed by atoms with van der Waals surface area (Å²) in [5.74, 6) is -2.28. The molecule has 2 N–H and O–H groups in total. The standard InChI is InChI=1S/C22H24FN3O3/c1-15-6-7-17-14-25-26(20(17)10-15)9-3-8-24-21(27)12-18(13-22(28)29)16-4-2-5-19(23)11-16/h2,4-7,10-11,14,18H,3,8-9,12-13H2,1H3,(H,24,27)(H,28,29). The van der Waals surface area contributed by atoms with Gasteiger partial charge in [0.05, 0.1) is 18.1 Å². The largest absolute Gasteiger partial charge is 0.481 e. The van der Waals surface area contributed by atoms with Crippen molar-refractivity contribution in [3.05, 3.63) is 65.6 Å². The fourth-order valence-corrected chi connectivity index (χ4v) is 3.39. The molecule has 0 radical (unpaired) electrons. The molecule has 0 saturated carbocycles. The number of nitrogens with one attached hydrogen (secondary N) is 1. The maximum Gasteiger partial charge on any atom is 0.303 e. The molecule has 0 saturated heterocycles. The highest BCUT2D eigenvalue weighted by molar-refractivity contribution is 5.79. The number of amides is 1. The first kappa shape index (κ1) is 20.5. The van der Waals surface area contributed by atoms with Gasteiger partial charge in [-0.3, -0.25) is 14.3 Å². The summed E-state index contributed by atoms with van der Waals surface area (Å²) in [5, 5.41) is 17.4. The lowest BCUT2D eigenvalue weighted by Gasteiger charge is -2.15. The number of carboxylic acid groups (broad SMARTS) is 1. The maximum absolute atomic E-state index is 13.5. The lowest BCUT2D eigenvalue weighted by molar-refractivity contribution is -0.137. The minimum Gasteiger partial charge on any atom is -0.481 e. The van der Waals surface area contributed by atoms with E-state index in [1.54, 1.807) is 6.07 Å². The number of aryl methyl sites for hydroxylation is 2. The number of carbonyl (C=O) groups is 2. The van der Waals surface area contributed by atoms with Crippen molar-refractivity contribution >= 4 is 22.8 Å². The quantitative estimate of drug-likeness (QED) is 0.540. The van der Waals surface area contributed by atoms with Crippen molar-refractivity contribution in [2.24, 2.45) is 0 Å². The number of nitrogens with zero attached hydrogens (tertiary/aromatic N) is 2. The lowest BCUT2D eigenvalue weighted by Crippen LogP contribution is -2.27. The molecule has 1 aromatic heterocycles. The average molecular weight is 397 g/mol. The first-order chi connectivity index (χ1) is 13.9. The van der Waals surface area contributed by atoms with Crippen LogP contribution < -0.4 is 5.32 Å². The summed E-state index contributed by atoms with van der Waals surface area (Å²) >= 11 is 0. The summed E-state index contributed by atoms with van der Waals surface area (Å²) in [6.45, 7) is 3.15. The SMILES string of the molecule is Cc1ccc2cnn(CCCNC(=O)CC(CC(=O)O)c3cccc(F)c3)c2c1. The number of halogens is 1. The molecule has 2 aromatic carbocycles. The number of hydrogen-bond donors (Lipinski definition) is 2. The van der Waals surface area contributed by atoms with E-state index in [2.05, 4.69) is 16.5 Å². The molecule has 0 bridgehead atoms. The van der Waals surface area contributed by atoms with Gasteiger partial charge in [-0.15, -0.1) is 0 Å². The van der Waals surface area contributed by atoms with Gasteiger partial charge < -0.3 is 10.4 Å². The van der Waals surface area contributed by atoms with Crippen molar-refractivity contribution in [1.82, 2.24) is 15.1 Å². The van der Waals surface area contributed by atoms with E-state index in [0.717, 1.165) is 16.5 Å². The molecule has 29 heavy (non-hydrogen) atoms. The maximum atomic E-state index is 13.5. The number of carboxylic acids is 1. The molecule has 3 rings (SSSR count).